The molecule has 0 saturated heterocycles. The summed E-state index contributed by atoms with van der Waals surface area (Å²) in [4.78, 5) is 16.6. The van der Waals surface area contributed by atoms with Crippen LogP contribution in [0.5, 0.6) is 0 Å². The van der Waals surface area contributed by atoms with Gasteiger partial charge in [0.25, 0.3) is 0 Å². The van der Waals surface area contributed by atoms with Crippen molar-refractivity contribution >= 4 is 55.8 Å². The van der Waals surface area contributed by atoms with E-state index in [1.54, 1.807) is 0 Å². The van der Waals surface area contributed by atoms with E-state index in [1.807, 2.05) is 78.1 Å². The minimum atomic E-state index is -1.82. The molecule has 1 heterocycles. The van der Waals surface area contributed by atoms with Gasteiger partial charge >= 0.3 is 151 Å². The number of carbonyl (C=O) groups is 1. The van der Waals surface area contributed by atoms with Crippen LogP contribution in [-0.4, -0.2) is 29.1 Å². The van der Waals surface area contributed by atoms with Gasteiger partial charge in [0.2, 0.25) is 0 Å². The molecule has 0 unspecified atom stereocenters. The molecule has 0 fully saturated rings. The van der Waals surface area contributed by atoms with Gasteiger partial charge in [-0.3, -0.25) is 4.79 Å². The third-order valence-electron chi connectivity index (χ3n) is 10.4. The number of aliphatic hydroxyl groups is 1. The fraction of sp³-hybridized carbons (Fsp3) is 0.283. The molecular weight excluding hydrogens is 877 g/mol. The Morgan fingerprint density at radius 3 is 2.08 bits per heavy atom. The third kappa shape index (κ3) is 8.75. The number of aliphatic hydroxyl groups excluding tert-OH is 1. The van der Waals surface area contributed by atoms with Crippen LogP contribution in [-0.2, 0) is 24.9 Å². The molecule has 1 N–H and O–H groups in total. The predicted octanol–water partition coefficient (Wildman–Crippen LogP) is 12.0. The quantitative estimate of drug-likeness (QED) is 0.0543. The van der Waals surface area contributed by atoms with Crippen LogP contribution in [0.25, 0.3) is 54.7 Å². The number of ketones is 1. The summed E-state index contributed by atoms with van der Waals surface area (Å²) in [7, 11) is 0. The van der Waals surface area contributed by atoms with Crippen molar-refractivity contribution in [2.24, 2.45) is 10.8 Å². The zero-order chi connectivity index (χ0) is 37.1. The number of rotatable bonds is 8. The molecule has 269 valence electrons. The second-order valence-electron chi connectivity index (χ2n) is 15.7. The fourth-order valence-corrected chi connectivity index (χ4v) is 8.32. The van der Waals surface area contributed by atoms with Crippen molar-refractivity contribution in [3.05, 3.63) is 121 Å². The number of hydrogen-bond acceptors (Lipinski definition) is 4. The van der Waals surface area contributed by atoms with Crippen LogP contribution < -0.4 is 4.40 Å². The standard InChI is InChI=1S/C33H25GeN2.C13H24O2.Ir/c1-34(2,3)28-12-8-22(9-13-28)23-10-14-30-25(18-23)11-15-32-31(30)16-17-36-33(32)26-19-24-6-4-5-7-29(24)27(20-26)21-35;1-7-12(3,4)10(14)9-11(15)13(5,6)8-2;/h4-18,20H,1-3H3;9,14H,7-8H2,1-6H3;/q-1;;/b;10-9-;. The van der Waals surface area contributed by atoms with E-state index in [9.17, 15) is 15.2 Å². The second kappa shape index (κ2) is 16.3. The first-order valence-corrected chi connectivity index (χ1v) is 25.2. The number of allylic oxidation sites excluding steroid dienone is 2. The summed E-state index contributed by atoms with van der Waals surface area (Å²) in [6.07, 6.45) is 4.85. The van der Waals surface area contributed by atoms with Crippen molar-refractivity contribution < 1.29 is 30.0 Å². The number of fused-ring (bicyclic) bond motifs is 4. The molecule has 0 aliphatic heterocycles. The molecule has 0 atom stereocenters. The Morgan fingerprint density at radius 2 is 1.44 bits per heavy atom. The normalized spacial score (nSPS) is 12.2. The van der Waals surface area contributed by atoms with E-state index >= 15 is 0 Å². The molecule has 0 saturated carbocycles. The van der Waals surface area contributed by atoms with E-state index < -0.39 is 13.3 Å². The molecule has 6 rings (SSSR count). The Bertz CT molecular complexity index is 2310. The molecule has 0 spiro atoms. The molecule has 0 aliphatic rings. The first-order valence-electron chi connectivity index (χ1n) is 17.8. The van der Waals surface area contributed by atoms with Crippen molar-refractivity contribution in [2.75, 3.05) is 0 Å². The fourth-order valence-electron chi connectivity index (χ4n) is 5.87. The molecule has 5 aromatic carbocycles. The Kier molecular flexibility index (Phi) is 12.8. The SMILES string of the molecule is CCC(C)(C)C(=O)/C=C(\O)C(C)(C)CC.[CH3][Ge]([CH3])([CH3])[c]1ccc(-c2ccc3c(ccc4c(-c5[c-]c6ccccc6c(C#N)c5)nccc43)c2)cc1.[Ir]. The zero-order valence-corrected chi connectivity index (χ0v) is 36.3. The van der Waals surface area contributed by atoms with Crippen LogP contribution >= 0.6 is 0 Å². The van der Waals surface area contributed by atoms with Crippen molar-refractivity contribution in [1.82, 2.24) is 4.98 Å². The third-order valence-corrected chi connectivity index (χ3v) is 14.7. The van der Waals surface area contributed by atoms with Crippen LogP contribution in [0.15, 0.2) is 109 Å². The molecule has 52 heavy (non-hydrogen) atoms. The summed E-state index contributed by atoms with van der Waals surface area (Å²) in [5.41, 5.74) is 4.13. The number of nitriles is 1. The zero-order valence-electron chi connectivity index (χ0n) is 31.8. The summed E-state index contributed by atoms with van der Waals surface area (Å²) in [5, 5.41) is 26.1. The van der Waals surface area contributed by atoms with Crippen LogP contribution in [0, 0.1) is 28.2 Å². The smallest absolute Gasteiger partial charge is 0 e. The molecule has 1 radical (unpaired) electrons. The Balaban J connectivity index is 0.000000323. The maximum atomic E-state index is 11.8. The number of pyridine rings is 1. The Morgan fingerprint density at radius 1 is 0.808 bits per heavy atom. The Hall–Kier alpha value is -4.08. The molecular formula is C46H49GeIrN2O2-. The topological polar surface area (TPSA) is 74.0 Å². The van der Waals surface area contributed by atoms with Crippen molar-refractivity contribution in [3.8, 4) is 28.5 Å². The average Bonchev–Trinajstić information content (AvgIpc) is 3.13. The summed E-state index contributed by atoms with van der Waals surface area (Å²) >= 11 is -1.82. The molecule has 0 bridgehead atoms. The van der Waals surface area contributed by atoms with Crippen LogP contribution in [0.3, 0.4) is 0 Å². The minimum Gasteiger partial charge on any atom is 0 e. The molecule has 6 heteroatoms. The number of nitrogens with zero attached hydrogens (tertiary/aromatic N) is 2. The molecule has 0 aliphatic carbocycles. The largest absolute Gasteiger partial charge is 0 e. The summed E-state index contributed by atoms with van der Waals surface area (Å²) in [6, 6.07) is 37.9. The van der Waals surface area contributed by atoms with Crippen LogP contribution in [0.4, 0.5) is 0 Å². The van der Waals surface area contributed by atoms with Gasteiger partial charge in [0.1, 0.15) is 5.76 Å². The van der Waals surface area contributed by atoms with Crippen LogP contribution in [0.2, 0.25) is 17.3 Å². The maximum absolute atomic E-state index is 11.8. The predicted molar refractivity (Wildman–Crippen MR) is 218 cm³/mol. The number of aromatic nitrogens is 1. The summed E-state index contributed by atoms with van der Waals surface area (Å²) in [6.45, 7) is 11.7. The van der Waals surface area contributed by atoms with Gasteiger partial charge < -0.3 is 5.11 Å². The van der Waals surface area contributed by atoms with Gasteiger partial charge in [-0.1, -0.05) is 65.1 Å². The van der Waals surface area contributed by atoms with Crippen molar-refractivity contribution in [2.45, 2.75) is 71.7 Å². The van der Waals surface area contributed by atoms with E-state index in [2.05, 4.69) is 90.1 Å². The van der Waals surface area contributed by atoms with Gasteiger partial charge in [-0.05, 0) is 18.4 Å². The van der Waals surface area contributed by atoms with Gasteiger partial charge in [0.05, 0.1) is 6.07 Å². The molecule has 6 aromatic rings. The minimum absolute atomic E-state index is 0. The number of hydrogen-bond donors (Lipinski definition) is 1. The summed E-state index contributed by atoms with van der Waals surface area (Å²) in [5.74, 6) is 7.47. The van der Waals surface area contributed by atoms with Crippen LogP contribution in [0.1, 0.15) is 59.9 Å². The van der Waals surface area contributed by atoms with Gasteiger partial charge in [0.15, 0.2) is 5.78 Å². The number of carbonyl (C=O) groups excluding carboxylic acids is 1. The maximum Gasteiger partial charge on any atom is 0 e. The summed E-state index contributed by atoms with van der Waals surface area (Å²) < 4.78 is 1.52. The monoisotopic (exact) mass is 928 g/mol. The van der Waals surface area contributed by atoms with Gasteiger partial charge in [-0.15, -0.1) is 23.6 Å². The van der Waals surface area contributed by atoms with E-state index in [4.69, 9.17) is 4.98 Å². The second-order valence-corrected chi connectivity index (χ2v) is 26.4. The van der Waals surface area contributed by atoms with E-state index in [-0.39, 0.29) is 42.5 Å². The van der Waals surface area contributed by atoms with E-state index in [1.165, 1.54) is 32.4 Å². The van der Waals surface area contributed by atoms with Gasteiger partial charge in [0, 0.05) is 37.0 Å². The van der Waals surface area contributed by atoms with E-state index in [0.717, 1.165) is 45.6 Å². The van der Waals surface area contributed by atoms with Gasteiger partial charge in [-0.25, -0.2) is 0 Å². The molecule has 1 aromatic heterocycles. The van der Waals surface area contributed by atoms with Crippen molar-refractivity contribution in [1.29, 1.82) is 5.26 Å². The van der Waals surface area contributed by atoms with E-state index in [0.29, 0.717) is 5.56 Å². The first kappa shape index (κ1) is 40.7. The Labute approximate surface area is 325 Å². The van der Waals surface area contributed by atoms with Gasteiger partial charge in [-0.2, -0.15) is 5.26 Å². The number of benzene rings is 5. The first-order chi connectivity index (χ1) is 24.1. The average molecular weight is 927 g/mol. The molecule has 4 nitrogen and oxygen atoms in total. The molecule has 0 amide bonds. The van der Waals surface area contributed by atoms with Crippen molar-refractivity contribution in [3.63, 3.8) is 0 Å².